The van der Waals surface area contributed by atoms with Crippen LogP contribution in [0, 0.1) is 0 Å². The lowest BCUT2D eigenvalue weighted by Crippen LogP contribution is -2.43. The van der Waals surface area contributed by atoms with E-state index in [1.807, 2.05) is 0 Å². The molecule has 20 heavy (non-hydrogen) atoms. The number of nitrogens with zero attached hydrogens (tertiary/aromatic N) is 1. The third-order valence-corrected chi connectivity index (χ3v) is 3.28. The van der Waals surface area contributed by atoms with Crippen molar-refractivity contribution in [1.82, 2.24) is 4.90 Å². The molecular formula is C15H25N3O2. The average molecular weight is 279 g/mol. The summed E-state index contributed by atoms with van der Waals surface area (Å²) in [7, 11) is 1.78. The molecule has 0 saturated carbocycles. The van der Waals surface area contributed by atoms with Crippen LogP contribution < -0.4 is 11.5 Å². The second kappa shape index (κ2) is 8.55. The zero-order chi connectivity index (χ0) is 15.0. The van der Waals surface area contributed by atoms with E-state index in [4.69, 9.17) is 11.5 Å². The molecule has 1 amide bonds. The van der Waals surface area contributed by atoms with Crippen LogP contribution in [0.25, 0.3) is 0 Å². The van der Waals surface area contributed by atoms with Gasteiger partial charge in [0.1, 0.15) is 5.75 Å². The van der Waals surface area contributed by atoms with Gasteiger partial charge in [-0.3, -0.25) is 4.79 Å². The van der Waals surface area contributed by atoms with E-state index in [0.29, 0.717) is 19.5 Å². The average Bonchev–Trinajstić information content (AvgIpc) is 2.45. The zero-order valence-corrected chi connectivity index (χ0v) is 12.1. The molecule has 1 rings (SSSR count). The zero-order valence-electron chi connectivity index (χ0n) is 12.1. The van der Waals surface area contributed by atoms with Crippen molar-refractivity contribution in [2.24, 2.45) is 11.5 Å². The number of phenolic OH excluding ortho intramolecular Hbond substituents is 1. The monoisotopic (exact) mass is 279 g/mol. The highest BCUT2D eigenvalue weighted by atomic mass is 16.3. The number of unbranched alkanes of at least 4 members (excludes halogenated alkanes) is 2. The third kappa shape index (κ3) is 5.59. The number of benzene rings is 1. The summed E-state index contributed by atoms with van der Waals surface area (Å²) >= 11 is 0. The largest absolute Gasteiger partial charge is 0.508 e. The van der Waals surface area contributed by atoms with E-state index in [-0.39, 0.29) is 11.7 Å². The standard InChI is InChI=1S/C15H25N3O2/c1-18(10-4-2-3-9-16)15(20)14(17)11-12-5-7-13(19)8-6-12/h5-8,14,19H,2-4,9-11,16-17H2,1H3/t14-/m1/s1. The van der Waals surface area contributed by atoms with Crippen LogP contribution >= 0.6 is 0 Å². The van der Waals surface area contributed by atoms with Gasteiger partial charge in [0.2, 0.25) is 5.91 Å². The van der Waals surface area contributed by atoms with Crippen molar-refractivity contribution in [3.63, 3.8) is 0 Å². The maximum absolute atomic E-state index is 12.1. The van der Waals surface area contributed by atoms with Crippen molar-refractivity contribution in [3.8, 4) is 5.75 Å². The third-order valence-electron chi connectivity index (χ3n) is 3.28. The lowest BCUT2D eigenvalue weighted by Gasteiger charge is -2.21. The first-order valence-electron chi connectivity index (χ1n) is 7.03. The van der Waals surface area contributed by atoms with Crippen LogP contribution in [-0.2, 0) is 11.2 Å². The van der Waals surface area contributed by atoms with E-state index in [0.717, 1.165) is 24.8 Å². The normalized spacial score (nSPS) is 12.2. The number of hydrogen-bond acceptors (Lipinski definition) is 4. The number of phenols is 1. The Morgan fingerprint density at radius 3 is 2.50 bits per heavy atom. The molecule has 0 radical (unpaired) electrons. The Balaban J connectivity index is 2.39. The molecule has 5 nitrogen and oxygen atoms in total. The van der Waals surface area contributed by atoms with Crippen molar-refractivity contribution in [3.05, 3.63) is 29.8 Å². The van der Waals surface area contributed by atoms with Gasteiger partial charge in [0.25, 0.3) is 0 Å². The minimum Gasteiger partial charge on any atom is -0.508 e. The summed E-state index contributed by atoms with van der Waals surface area (Å²) in [4.78, 5) is 13.8. The minimum atomic E-state index is -0.543. The van der Waals surface area contributed by atoms with Crippen LogP contribution in [-0.4, -0.2) is 42.1 Å². The molecule has 5 heteroatoms. The van der Waals surface area contributed by atoms with Crippen LogP contribution in [0.15, 0.2) is 24.3 Å². The van der Waals surface area contributed by atoms with Gasteiger partial charge in [0.15, 0.2) is 0 Å². The van der Waals surface area contributed by atoms with Gasteiger partial charge >= 0.3 is 0 Å². The molecule has 112 valence electrons. The Morgan fingerprint density at radius 2 is 1.90 bits per heavy atom. The van der Waals surface area contributed by atoms with Gasteiger partial charge in [-0.2, -0.15) is 0 Å². The first-order chi connectivity index (χ1) is 9.54. The van der Waals surface area contributed by atoms with E-state index in [1.54, 1.807) is 36.2 Å². The predicted octanol–water partition coefficient (Wildman–Crippen LogP) is 0.849. The predicted molar refractivity (Wildman–Crippen MR) is 80.3 cm³/mol. The summed E-state index contributed by atoms with van der Waals surface area (Å²) in [5.41, 5.74) is 12.3. The van der Waals surface area contributed by atoms with E-state index in [9.17, 15) is 9.90 Å². The number of carbonyl (C=O) groups is 1. The Kier molecular flexibility index (Phi) is 7.04. The Bertz CT molecular complexity index is 406. The van der Waals surface area contributed by atoms with Gasteiger partial charge in [0, 0.05) is 13.6 Å². The van der Waals surface area contributed by atoms with Crippen LogP contribution in [0.3, 0.4) is 0 Å². The van der Waals surface area contributed by atoms with Crippen LogP contribution in [0.2, 0.25) is 0 Å². The topological polar surface area (TPSA) is 92.6 Å². The number of rotatable bonds is 8. The lowest BCUT2D eigenvalue weighted by atomic mass is 10.1. The van der Waals surface area contributed by atoms with Crippen molar-refractivity contribution >= 4 is 5.91 Å². The molecule has 0 fully saturated rings. The molecule has 0 bridgehead atoms. The molecule has 5 N–H and O–H groups in total. The second-order valence-electron chi connectivity index (χ2n) is 5.09. The maximum atomic E-state index is 12.1. The fourth-order valence-electron chi connectivity index (χ4n) is 2.04. The molecule has 0 aromatic heterocycles. The van der Waals surface area contributed by atoms with Gasteiger partial charge < -0.3 is 21.5 Å². The molecule has 1 atom stereocenters. The van der Waals surface area contributed by atoms with Crippen molar-refractivity contribution in [2.75, 3.05) is 20.1 Å². The summed E-state index contributed by atoms with van der Waals surface area (Å²) in [5, 5.41) is 9.21. The van der Waals surface area contributed by atoms with Gasteiger partial charge in [-0.15, -0.1) is 0 Å². The highest BCUT2D eigenvalue weighted by Gasteiger charge is 2.17. The van der Waals surface area contributed by atoms with Gasteiger partial charge in [-0.05, 0) is 43.5 Å². The van der Waals surface area contributed by atoms with Crippen LogP contribution in [0.5, 0.6) is 5.75 Å². The molecule has 0 saturated heterocycles. The number of likely N-dealkylation sites (N-methyl/N-ethyl adjacent to an activating group) is 1. The first-order valence-corrected chi connectivity index (χ1v) is 7.03. The number of aromatic hydroxyl groups is 1. The summed E-state index contributed by atoms with van der Waals surface area (Å²) in [6.45, 7) is 1.40. The summed E-state index contributed by atoms with van der Waals surface area (Å²) in [5.74, 6) is 0.163. The molecule has 0 spiro atoms. The Hall–Kier alpha value is -1.59. The van der Waals surface area contributed by atoms with E-state index in [2.05, 4.69) is 0 Å². The highest BCUT2D eigenvalue weighted by Crippen LogP contribution is 2.11. The maximum Gasteiger partial charge on any atom is 0.239 e. The highest BCUT2D eigenvalue weighted by molar-refractivity contribution is 5.81. The van der Waals surface area contributed by atoms with Crippen molar-refractivity contribution < 1.29 is 9.90 Å². The minimum absolute atomic E-state index is 0.0502. The second-order valence-corrected chi connectivity index (χ2v) is 5.09. The van der Waals surface area contributed by atoms with Crippen molar-refractivity contribution in [2.45, 2.75) is 31.7 Å². The van der Waals surface area contributed by atoms with Gasteiger partial charge in [-0.1, -0.05) is 18.6 Å². The molecule has 0 aliphatic carbocycles. The van der Waals surface area contributed by atoms with E-state index < -0.39 is 6.04 Å². The number of hydrogen-bond donors (Lipinski definition) is 3. The first kappa shape index (κ1) is 16.5. The molecule has 0 unspecified atom stereocenters. The Labute approximate surface area is 120 Å². The van der Waals surface area contributed by atoms with Crippen LogP contribution in [0.1, 0.15) is 24.8 Å². The lowest BCUT2D eigenvalue weighted by molar-refractivity contribution is -0.131. The summed E-state index contributed by atoms with van der Waals surface area (Å²) in [6.07, 6.45) is 3.44. The molecule has 0 heterocycles. The molecule has 1 aromatic rings. The fraction of sp³-hybridized carbons (Fsp3) is 0.533. The fourth-order valence-corrected chi connectivity index (χ4v) is 2.04. The molecular weight excluding hydrogens is 254 g/mol. The van der Waals surface area contributed by atoms with Crippen molar-refractivity contribution in [1.29, 1.82) is 0 Å². The SMILES string of the molecule is CN(CCCCCN)C(=O)[C@H](N)Cc1ccc(O)cc1. The number of amides is 1. The number of carbonyl (C=O) groups excluding carboxylic acids is 1. The quantitative estimate of drug-likeness (QED) is 0.615. The van der Waals surface area contributed by atoms with Gasteiger partial charge in [-0.25, -0.2) is 0 Å². The molecule has 0 aliphatic heterocycles. The smallest absolute Gasteiger partial charge is 0.239 e. The van der Waals surface area contributed by atoms with Crippen LogP contribution in [0.4, 0.5) is 0 Å². The van der Waals surface area contributed by atoms with E-state index in [1.165, 1.54) is 0 Å². The number of nitrogens with two attached hydrogens (primary N) is 2. The Morgan fingerprint density at radius 1 is 1.25 bits per heavy atom. The van der Waals surface area contributed by atoms with Gasteiger partial charge in [0.05, 0.1) is 6.04 Å². The molecule has 0 aliphatic rings. The molecule has 1 aromatic carbocycles. The van der Waals surface area contributed by atoms with E-state index >= 15 is 0 Å². The summed E-state index contributed by atoms with van der Waals surface area (Å²) in [6, 6.07) is 6.22. The summed E-state index contributed by atoms with van der Waals surface area (Å²) < 4.78 is 0.